The van der Waals surface area contributed by atoms with Crippen LogP contribution < -0.4 is 14.9 Å². The first-order valence-electron chi connectivity index (χ1n) is 8.48. The van der Waals surface area contributed by atoms with Gasteiger partial charge in [-0.15, -0.1) is 0 Å². The first-order valence-corrected chi connectivity index (χ1v) is 9.28. The molecule has 6 heteroatoms. The molecule has 0 radical (unpaired) electrons. The minimum absolute atomic E-state index is 0.282. The van der Waals surface area contributed by atoms with Gasteiger partial charge in [0.2, 0.25) is 0 Å². The van der Waals surface area contributed by atoms with E-state index in [-0.39, 0.29) is 5.91 Å². The number of hydrogen-bond acceptors (Lipinski definition) is 4. The standard InChI is InChI=1S/C20H23BrN2O3/c1-4-25-19-11-15(9-10-18(19)26-13-14(2)3)12-22-23-20(24)16-7-5-6-8-17(16)21/h5-12,14H,4,13H2,1-3H3,(H,23,24)/b22-12-. The molecule has 0 saturated heterocycles. The normalized spacial score (nSPS) is 11.0. The molecule has 0 aliphatic heterocycles. The van der Waals surface area contributed by atoms with Crippen molar-refractivity contribution in [2.45, 2.75) is 20.8 Å². The third kappa shape index (κ3) is 5.88. The Morgan fingerprint density at radius 1 is 1.19 bits per heavy atom. The molecule has 0 spiro atoms. The molecular formula is C20H23BrN2O3. The Labute approximate surface area is 162 Å². The van der Waals surface area contributed by atoms with Crippen LogP contribution in [-0.2, 0) is 0 Å². The summed E-state index contributed by atoms with van der Waals surface area (Å²) in [5.41, 5.74) is 3.85. The Morgan fingerprint density at radius 3 is 2.65 bits per heavy atom. The Balaban J connectivity index is 2.06. The number of carbonyl (C=O) groups is 1. The van der Waals surface area contributed by atoms with Crippen molar-refractivity contribution in [2.24, 2.45) is 11.0 Å². The van der Waals surface area contributed by atoms with E-state index in [2.05, 4.69) is 40.3 Å². The predicted octanol–water partition coefficient (Wildman–Crippen LogP) is 4.65. The van der Waals surface area contributed by atoms with Crippen LogP contribution in [0.1, 0.15) is 36.7 Å². The average Bonchev–Trinajstić information content (AvgIpc) is 2.61. The highest BCUT2D eigenvalue weighted by atomic mass is 79.9. The zero-order valence-corrected chi connectivity index (χ0v) is 16.7. The van der Waals surface area contributed by atoms with Crippen molar-refractivity contribution in [2.75, 3.05) is 13.2 Å². The van der Waals surface area contributed by atoms with Crippen molar-refractivity contribution < 1.29 is 14.3 Å². The van der Waals surface area contributed by atoms with E-state index in [1.54, 1.807) is 18.3 Å². The first-order chi connectivity index (χ1) is 12.5. The van der Waals surface area contributed by atoms with E-state index >= 15 is 0 Å². The molecule has 26 heavy (non-hydrogen) atoms. The summed E-state index contributed by atoms with van der Waals surface area (Å²) in [5, 5.41) is 4.02. The number of nitrogens with one attached hydrogen (secondary N) is 1. The molecule has 2 rings (SSSR count). The molecule has 0 heterocycles. The molecular weight excluding hydrogens is 396 g/mol. The van der Waals surface area contributed by atoms with Crippen LogP contribution >= 0.6 is 15.9 Å². The largest absolute Gasteiger partial charge is 0.490 e. The highest BCUT2D eigenvalue weighted by molar-refractivity contribution is 9.10. The van der Waals surface area contributed by atoms with Gasteiger partial charge in [0.25, 0.3) is 5.91 Å². The van der Waals surface area contributed by atoms with Gasteiger partial charge >= 0.3 is 0 Å². The lowest BCUT2D eigenvalue weighted by Crippen LogP contribution is -2.18. The quantitative estimate of drug-likeness (QED) is 0.501. The molecule has 1 amide bonds. The SMILES string of the molecule is CCOc1cc(/C=N\NC(=O)c2ccccc2Br)ccc1OCC(C)C. The summed E-state index contributed by atoms with van der Waals surface area (Å²) < 4.78 is 12.1. The second-order valence-electron chi connectivity index (χ2n) is 6.02. The number of hydrazone groups is 1. The molecule has 138 valence electrons. The van der Waals surface area contributed by atoms with Crippen molar-refractivity contribution in [3.8, 4) is 11.5 Å². The van der Waals surface area contributed by atoms with Crippen molar-refractivity contribution in [3.63, 3.8) is 0 Å². The average molecular weight is 419 g/mol. The van der Waals surface area contributed by atoms with Crippen molar-refractivity contribution in [1.29, 1.82) is 0 Å². The maximum absolute atomic E-state index is 12.1. The number of carbonyl (C=O) groups excluding carboxylic acids is 1. The Morgan fingerprint density at radius 2 is 1.96 bits per heavy atom. The highest BCUT2D eigenvalue weighted by Crippen LogP contribution is 2.28. The van der Waals surface area contributed by atoms with Crippen LogP contribution in [0, 0.1) is 5.92 Å². The molecule has 0 unspecified atom stereocenters. The number of benzene rings is 2. The second kappa shape index (κ2) is 9.97. The zero-order valence-electron chi connectivity index (χ0n) is 15.2. The van der Waals surface area contributed by atoms with Crippen LogP contribution in [0.5, 0.6) is 11.5 Å². The van der Waals surface area contributed by atoms with Crippen molar-refractivity contribution in [3.05, 3.63) is 58.1 Å². The summed E-state index contributed by atoms with van der Waals surface area (Å²) in [5.74, 6) is 1.51. The fraction of sp³-hybridized carbons (Fsp3) is 0.300. The van der Waals surface area contributed by atoms with Gasteiger partial charge in [-0.2, -0.15) is 5.10 Å². The smallest absolute Gasteiger partial charge is 0.272 e. The summed E-state index contributed by atoms with van der Waals surface area (Å²) in [4.78, 5) is 12.1. The maximum atomic E-state index is 12.1. The molecule has 0 fully saturated rings. The fourth-order valence-electron chi connectivity index (χ4n) is 2.12. The molecule has 2 aromatic rings. The number of amides is 1. The molecule has 0 aromatic heterocycles. The van der Waals surface area contributed by atoms with Crippen molar-refractivity contribution in [1.82, 2.24) is 5.43 Å². The van der Waals surface area contributed by atoms with Crippen LogP contribution in [0.4, 0.5) is 0 Å². The molecule has 5 nitrogen and oxygen atoms in total. The summed E-state index contributed by atoms with van der Waals surface area (Å²) >= 11 is 3.35. The van der Waals surface area contributed by atoms with Crippen LogP contribution in [0.15, 0.2) is 52.0 Å². The number of rotatable bonds is 8. The topological polar surface area (TPSA) is 59.9 Å². The van der Waals surface area contributed by atoms with Gasteiger partial charge in [0.15, 0.2) is 11.5 Å². The van der Waals surface area contributed by atoms with Crippen LogP contribution in [-0.4, -0.2) is 25.3 Å². The second-order valence-corrected chi connectivity index (χ2v) is 6.88. The van der Waals surface area contributed by atoms with Gasteiger partial charge in [0.05, 0.1) is 25.0 Å². The molecule has 2 aromatic carbocycles. The lowest BCUT2D eigenvalue weighted by molar-refractivity contribution is 0.0954. The number of nitrogens with zero attached hydrogens (tertiary/aromatic N) is 1. The third-order valence-corrected chi connectivity index (χ3v) is 4.03. The summed E-state index contributed by atoms with van der Waals surface area (Å²) in [7, 11) is 0. The first kappa shape index (κ1) is 20.0. The molecule has 0 aliphatic carbocycles. The van der Waals surface area contributed by atoms with Gasteiger partial charge in [0, 0.05) is 4.47 Å². The Hall–Kier alpha value is -2.34. The van der Waals surface area contributed by atoms with Gasteiger partial charge in [-0.05, 0) is 64.7 Å². The highest BCUT2D eigenvalue weighted by Gasteiger charge is 2.09. The molecule has 0 atom stereocenters. The summed E-state index contributed by atoms with van der Waals surface area (Å²) in [6.45, 7) is 7.27. The number of ether oxygens (including phenoxy) is 2. The molecule has 1 N–H and O–H groups in total. The maximum Gasteiger partial charge on any atom is 0.272 e. The minimum Gasteiger partial charge on any atom is -0.490 e. The van der Waals surface area contributed by atoms with Gasteiger partial charge in [-0.1, -0.05) is 26.0 Å². The zero-order chi connectivity index (χ0) is 18.9. The van der Waals surface area contributed by atoms with Crippen LogP contribution in [0.3, 0.4) is 0 Å². The van der Waals surface area contributed by atoms with E-state index < -0.39 is 0 Å². The monoisotopic (exact) mass is 418 g/mol. The van der Waals surface area contributed by atoms with Gasteiger partial charge in [-0.3, -0.25) is 4.79 Å². The van der Waals surface area contributed by atoms with Gasteiger partial charge in [-0.25, -0.2) is 5.43 Å². The fourth-order valence-corrected chi connectivity index (χ4v) is 2.58. The van der Waals surface area contributed by atoms with Gasteiger partial charge < -0.3 is 9.47 Å². The summed E-state index contributed by atoms with van der Waals surface area (Å²) in [6.07, 6.45) is 1.57. The third-order valence-electron chi connectivity index (χ3n) is 3.34. The van der Waals surface area contributed by atoms with Gasteiger partial charge in [0.1, 0.15) is 0 Å². The van der Waals surface area contributed by atoms with E-state index in [1.807, 2.05) is 37.3 Å². The summed E-state index contributed by atoms with van der Waals surface area (Å²) in [6, 6.07) is 12.7. The molecule has 0 saturated carbocycles. The Kier molecular flexibility index (Phi) is 7.66. The lowest BCUT2D eigenvalue weighted by Gasteiger charge is -2.13. The van der Waals surface area contributed by atoms with E-state index in [9.17, 15) is 4.79 Å². The molecule has 0 aliphatic rings. The van der Waals surface area contributed by atoms with Crippen LogP contribution in [0.2, 0.25) is 0 Å². The van der Waals surface area contributed by atoms with Crippen molar-refractivity contribution >= 4 is 28.1 Å². The van der Waals surface area contributed by atoms with E-state index in [0.717, 1.165) is 10.0 Å². The van der Waals surface area contributed by atoms with E-state index in [0.29, 0.717) is 36.2 Å². The Bertz CT molecular complexity index is 775. The predicted molar refractivity (Wildman–Crippen MR) is 107 cm³/mol. The minimum atomic E-state index is -0.282. The lowest BCUT2D eigenvalue weighted by atomic mass is 10.2. The molecule has 0 bridgehead atoms. The number of hydrogen-bond donors (Lipinski definition) is 1. The van der Waals surface area contributed by atoms with E-state index in [1.165, 1.54) is 0 Å². The van der Waals surface area contributed by atoms with Crippen LogP contribution in [0.25, 0.3) is 0 Å². The van der Waals surface area contributed by atoms with E-state index in [4.69, 9.17) is 9.47 Å². The number of halogens is 1.